The first-order valence-corrected chi connectivity index (χ1v) is 8.00. The summed E-state index contributed by atoms with van der Waals surface area (Å²) >= 11 is 0. The Morgan fingerprint density at radius 3 is 2.62 bits per heavy atom. The summed E-state index contributed by atoms with van der Waals surface area (Å²) in [6, 6.07) is 14.8. The van der Waals surface area contributed by atoms with Gasteiger partial charge in [0.15, 0.2) is 0 Å². The molecule has 0 amide bonds. The molecular weight excluding hydrogens is 326 g/mol. The van der Waals surface area contributed by atoms with Gasteiger partial charge in [0.25, 0.3) is 0 Å². The molecule has 0 aliphatic rings. The van der Waals surface area contributed by atoms with Crippen LogP contribution in [-0.2, 0) is 7.05 Å². The maximum Gasteiger partial charge on any atom is 0.228 e. The van der Waals surface area contributed by atoms with Crippen molar-refractivity contribution in [2.75, 3.05) is 5.73 Å². The van der Waals surface area contributed by atoms with Crippen molar-refractivity contribution < 1.29 is 4.74 Å². The average molecular weight is 341 g/mol. The van der Waals surface area contributed by atoms with Crippen molar-refractivity contribution >= 4 is 16.5 Å². The highest BCUT2D eigenvalue weighted by Gasteiger charge is 2.15. The number of rotatable bonds is 3. The summed E-state index contributed by atoms with van der Waals surface area (Å²) in [4.78, 5) is 4.48. The topological polar surface area (TPSA) is 89.8 Å². The van der Waals surface area contributed by atoms with Crippen molar-refractivity contribution in [2.24, 2.45) is 7.05 Å². The quantitative estimate of drug-likeness (QED) is 0.571. The molecule has 0 bridgehead atoms. The molecule has 0 unspecified atom stereocenters. The Morgan fingerprint density at radius 1 is 1.12 bits per heavy atom. The van der Waals surface area contributed by atoms with Gasteiger partial charge in [0.05, 0.1) is 23.2 Å². The Morgan fingerprint density at radius 2 is 1.92 bits per heavy atom. The molecular formula is C20H15N5O. The Balaban J connectivity index is 1.91. The van der Waals surface area contributed by atoms with E-state index in [9.17, 15) is 5.26 Å². The predicted octanol–water partition coefficient (Wildman–Crippen LogP) is 3.88. The van der Waals surface area contributed by atoms with Crippen LogP contribution in [0.25, 0.3) is 21.9 Å². The van der Waals surface area contributed by atoms with Crippen molar-refractivity contribution in [2.45, 2.75) is 0 Å². The Labute approximate surface area is 150 Å². The van der Waals surface area contributed by atoms with Crippen LogP contribution in [0.4, 0.5) is 5.69 Å². The Bertz CT molecular complexity index is 1140. The molecule has 0 atom stereocenters. The van der Waals surface area contributed by atoms with E-state index >= 15 is 0 Å². The van der Waals surface area contributed by atoms with Crippen LogP contribution >= 0.6 is 0 Å². The Hall–Kier alpha value is -3.85. The number of benzene rings is 2. The fourth-order valence-electron chi connectivity index (χ4n) is 2.87. The van der Waals surface area contributed by atoms with Crippen molar-refractivity contribution in [3.8, 4) is 28.8 Å². The molecule has 2 N–H and O–H groups in total. The van der Waals surface area contributed by atoms with Crippen molar-refractivity contribution in [3.63, 3.8) is 0 Å². The van der Waals surface area contributed by atoms with Gasteiger partial charge in [-0.05, 0) is 35.7 Å². The smallest absolute Gasteiger partial charge is 0.228 e. The summed E-state index contributed by atoms with van der Waals surface area (Å²) in [5.41, 5.74) is 8.71. The second-order valence-electron chi connectivity index (χ2n) is 5.89. The van der Waals surface area contributed by atoms with Gasteiger partial charge in [-0.2, -0.15) is 10.4 Å². The number of hydrogen-bond donors (Lipinski definition) is 1. The number of pyridine rings is 1. The average Bonchev–Trinajstić information content (AvgIpc) is 3.09. The first kappa shape index (κ1) is 15.7. The number of nitriles is 1. The molecule has 0 saturated carbocycles. The zero-order valence-electron chi connectivity index (χ0n) is 14.0. The van der Waals surface area contributed by atoms with E-state index in [1.165, 1.54) is 0 Å². The number of ether oxygens (including phenoxy) is 1. The predicted molar refractivity (Wildman–Crippen MR) is 99.6 cm³/mol. The molecule has 26 heavy (non-hydrogen) atoms. The maximum atomic E-state index is 9.56. The summed E-state index contributed by atoms with van der Waals surface area (Å²) in [6.45, 7) is 0. The van der Waals surface area contributed by atoms with Crippen LogP contribution in [0, 0.1) is 11.3 Å². The third-order valence-electron chi connectivity index (χ3n) is 4.11. The third kappa shape index (κ3) is 2.72. The van der Waals surface area contributed by atoms with Gasteiger partial charge < -0.3 is 10.5 Å². The first-order chi connectivity index (χ1) is 12.7. The molecule has 0 spiro atoms. The standard InChI is InChI=1S/C20H15N5O/c1-25-12-14(10-24-25)18-11-23-20(26-16-7-5-15(22)6-8-16)19-13(9-21)3-2-4-17(18)19/h2-8,10-12H,22H2,1H3. The van der Waals surface area contributed by atoms with E-state index in [4.69, 9.17) is 10.5 Å². The number of hydrogen-bond acceptors (Lipinski definition) is 5. The molecule has 0 radical (unpaired) electrons. The van der Waals surface area contributed by atoms with Crippen LogP contribution in [0.1, 0.15) is 5.56 Å². The fraction of sp³-hybridized carbons (Fsp3) is 0.0500. The molecule has 126 valence electrons. The molecule has 0 aliphatic carbocycles. The number of aryl methyl sites for hydroxylation is 1. The van der Waals surface area contributed by atoms with Gasteiger partial charge in [-0.3, -0.25) is 4.68 Å². The molecule has 0 fully saturated rings. The summed E-state index contributed by atoms with van der Waals surface area (Å²) in [7, 11) is 1.86. The van der Waals surface area contributed by atoms with E-state index in [0.29, 0.717) is 28.3 Å². The second kappa shape index (κ2) is 6.22. The molecule has 2 aromatic heterocycles. The zero-order chi connectivity index (χ0) is 18.1. The second-order valence-corrected chi connectivity index (χ2v) is 5.89. The lowest BCUT2D eigenvalue weighted by Crippen LogP contribution is -1.94. The molecule has 2 heterocycles. The van der Waals surface area contributed by atoms with Crippen LogP contribution in [0.2, 0.25) is 0 Å². The normalized spacial score (nSPS) is 10.6. The lowest BCUT2D eigenvalue weighted by atomic mass is 10.00. The maximum absolute atomic E-state index is 9.56. The van der Waals surface area contributed by atoms with E-state index in [1.807, 2.05) is 25.4 Å². The summed E-state index contributed by atoms with van der Waals surface area (Å²) < 4.78 is 7.68. The zero-order valence-corrected chi connectivity index (χ0v) is 14.0. The fourth-order valence-corrected chi connectivity index (χ4v) is 2.87. The van der Waals surface area contributed by atoms with Crippen LogP contribution in [-0.4, -0.2) is 14.8 Å². The largest absolute Gasteiger partial charge is 0.438 e. The highest BCUT2D eigenvalue weighted by molar-refractivity contribution is 6.01. The molecule has 2 aromatic carbocycles. The lowest BCUT2D eigenvalue weighted by Gasteiger charge is -2.12. The van der Waals surface area contributed by atoms with Gasteiger partial charge in [-0.25, -0.2) is 4.98 Å². The number of fused-ring (bicyclic) bond motifs is 1. The van der Waals surface area contributed by atoms with E-state index < -0.39 is 0 Å². The van der Waals surface area contributed by atoms with Gasteiger partial charge in [-0.1, -0.05) is 12.1 Å². The van der Waals surface area contributed by atoms with Crippen molar-refractivity contribution in [1.82, 2.24) is 14.8 Å². The number of nitrogen functional groups attached to an aromatic ring is 1. The molecule has 0 aliphatic heterocycles. The summed E-state index contributed by atoms with van der Waals surface area (Å²) in [5.74, 6) is 0.990. The number of nitrogens with zero attached hydrogens (tertiary/aromatic N) is 4. The molecule has 6 heteroatoms. The highest BCUT2D eigenvalue weighted by Crippen LogP contribution is 2.36. The van der Waals surface area contributed by atoms with E-state index in [2.05, 4.69) is 16.2 Å². The lowest BCUT2D eigenvalue weighted by molar-refractivity contribution is 0.469. The van der Waals surface area contributed by atoms with Gasteiger partial charge >= 0.3 is 0 Å². The van der Waals surface area contributed by atoms with E-state index in [1.54, 1.807) is 47.4 Å². The van der Waals surface area contributed by atoms with Crippen LogP contribution < -0.4 is 10.5 Å². The first-order valence-electron chi connectivity index (χ1n) is 8.00. The van der Waals surface area contributed by atoms with Gasteiger partial charge in [0.1, 0.15) is 5.75 Å². The minimum atomic E-state index is 0.384. The number of nitrogens with two attached hydrogens (primary N) is 1. The number of anilines is 1. The van der Waals surface area contributed by atoms with Gasteiger partial charge in [0.2, 0.25) is 5.88 Å². The molecule has 4 aromatic rings. The van der Waals surface area contributed by atoms with Crippen LogP contribution in [0.5, 0.6) is 11.6 Å². The third-order valence-corrected chi connectivity index (χ3v) is 4.11. The van der Waals surface area contributed by atoms with Gasteiger partial charge in [-0.15, -0.1) is 0 Å². The van der Waals surface area contributed by atoms with Crippen LogP contribution in [0.15, 0.2) is 61.1 Å². The summed E-state index contributed by atoms with van der Waals surface area (Å²) in [6.07, 6.45) is 5.43. The van der Waals surface area contributed by atoms with E-state index in [0.717, 1.165) is 16.5 Å². The highest BCUT2D eigenvalue weighted by atomic mass is 16.5. The molecule has 6 nitrogen and oxygen atoms in total. The van der Waals surface area contributed by atoms with Gasteiger partial charge in [0, 0.05) is 36.3 Å². The van der Waals surface area contributed by atoms with E-state index in [-0.39, 0.29) is 0 Å². The summed E-state index contributed by atoms with van der Waals surface area (Å²) in [5, 5.41) is 15.3. The minimum Gasteiger partial charge on any atom is -0.438 e. The Kier molecular flexibility index (Phi) is 3.75. The van der Waals surface area contributed by atoms with Crippen molar-refractivity contribution in [3.05, 3.63) is 66.6 Å². The van der Waals surface area contributed by atoms with Crippen LogP contribution in [0.3, 0.4) is 0 Å². The minimum absolute atomic E-state index is 0.384. The SMILES string of the molecule is Cn1cc(-c2cnc(Oc3ccc(N)cc3)c3c(C#N)cccc23)cn1. The van der Waals surface area contributed by atoms with Crippen molar-refractivity contribution in [1.29, 1.82) is 5.26 Å². The molecule has 0 saturated heterocycles. The molecule has 4 rings (SSSR count). The monoisotopic (exact) mass is 341 g/mol. The number of aromatic nitrogens is 3.